The number of hydrogen-bond donors (Lipinski definition) is 5. The number of hydrogen-bond acceptors (Lipinski definition) is 12. The SMILES string of the molecule is CC(C)COC(=O)CC[C@H](NC(=O)CN)C(=O)NC1CCC(Oc2ccc([C@@H]3O[C@@H]4C[C@H]5[C@@H]6CCC7=CC(=O)C=C[C@]7(C)[C@H]6[C@@H](O)C[C@]5(C)[C@]4(C(=O)CO)O3)c(F)c2)CC1. The van der Waals surface area contributed by atoms with Crippen LogP contribution in [0.3, 0.4) is 0 Å². The minimum Gasteiger partial charge on any atom is -0.490 e. The number of ether oxygens (including phenoxy) is 4. The van der Waals surface area contributed by atoms with Gasteiger partial charge in [0, 0.05) is 40.8 Å². The normalized spacial score (nSPS) is 36.0. The largest absolute Gasteiger partial charge is 0.490 e. The second-order valence-electron chi connectivity index (χ2n) is 18.6. The molecule has 0 unspecified atom stereocenters. The molecule has 1 aromatic carbocycles. The molecule has 5 fully saturated rings. The van der Waals surface area contributed by atoms with Crippen LogP contribution in [0, 0.1) is 40.3 Å². The van der Waals surface area contributed by atoms with Gasteiger partial charge in [0.2, 0.25) is 11.8 Å². The van der Waals surface area contributed by atoms with E-state index in [9.17, 15) is 34.2 Å². The fraction of sp³-hybridized carbons (Fsp3) is 0.667. The van der Waals surface area contributed by atoms with Crippen LogP contribution in [-0.2, 0) is 38.2 Å². The van der Waals surface area contributed by atoms with Crippen molar-refractivity contribution in [3.05, 3.63) is 53.4 Å². The van der Waals surface area contributed by atoms with Crippen LogP contribution in [0.2, 0.25) is 0 Å². The molecule has 1 aliphatic heterocycles. The topological polar surface area (TPSA) is 213 Å². The first-order chi connectivity index (χ1) is 28.5. The van der Waals surface area contributed by atoms with E-state index in [1.807, 2.05) is 26.8 Å². The number of halogens is 1. The number of esters is 1. The van der Waals surface area contributed by atoms with E-state index < -0.39 is 77.0 Å². The number of fused-ring (bicyclic) bond motifs is 7. The Balaban J connectivity index is 0.970. The van der Waals surface area contributed by atoms with Crippen molar-refractivity contribution in [2.24, 2.45) is 40.2 Å². The summed E-state index contributed by atoms with van der Waals surface area (Å²) in [7, 11) is 0. The minimum absolute atomic E-state index is 0.00412. The van der Waals surface area contributed by atoms with Crippen molar-refractivity contribution in [3.8, 4) is 5.75 Å². The number of ketones is 2. The van der Waals surface area contributed by atoms with Gasteiger partial charge in [-0.05, 0) is 99.8 Å². The average molecular weight is 838 g/mol. The molecule has 14 nitrogen and oxygen atoms in total. The summed E-state index contributed by atoms with van der Waals surface area (Å²) in [6.07, 6.45) is 6.45. The average Bonchev–Trinajstić information content (AvgIpc) is 3.71. The third kappa shape index (κ3) is 8.07. The monoisotopic (exact) mass is 837 g/mol. The zero-order valence-corrected chi connectivity index (χ0v) is 35.0. The molecule has 2 amide bonds. The molecule has 60 heavy (non-hydrogen) atoms. The molecular weight excluding hydrogens is 778 g/mol. The fourth-order valence-electron chi connectivity index (χ4n) is 11.5. The molecule has 4 saturated carbocycles. The van der Waals surface area contributed by atoms with Gasteiger partial charge in [-0.2, -0.15) is 0 Å². The van der Waals surface area contributed by atoms with Gasteiger partial charge in [-0.25, -0.2) is 4.39 Å². The Labute approximate surface area is 350 Å². The highest BCUT2D eigenvalue weighted by molar-refractivity contribution is 6.01. The van der Waals surface area contributed by atoms with Gasteiger partial charge >= 0.3 is 5.97 Å². The number of rotatable bonds is 14. The van der Waals surface area contributed by atoms with Crippen molar-refractivity contribution < 1.29 is 57.5 Å². The lowest BCUT2D eigenvalue weighted by Gasteiger charge is -2.59. The molecule has 1 saturated heterocycles. The molecule has 7 rings (SSSR count). The highest BCUT2D eigenvalue weighted by Crippen LogP contribution is 2.70. The second kappa shape index (κ2) is 17.4. The number of aliphatic hydroxyl groups excluding tert-OH is 2. The number of nitrogens with one attached hydrogen (secondary N) is 2. The van der Waals surface area contributed by atoms with E-state index >= 15 is 4.39 Å². The first-order valence-corrected chi connectivity index (χ1v) is 21.5. The lowest BCUT2D eigenvalue weighted by atomic mass is 9.46. The summed E-state index contributed by atoms with van der Waals surface area (Å²) in [5.74, 6) is -2.45. The summed E-state index contributed by atoms with van der Waals surface area (Å²) in [6.45, 7) is 7.01. The van der Waals surface area contributed by atoms with Gasteiger partial charge < -0.3 is 45.5 Å². The van der Waals surface area contributed by atoms with Crippen LogP contribution in [0.25, 0.3) is 0 Å². The minimum atomic E-state index is -1.61. The summed E-state index contributed by atoms with van der Waals surface area (Å²) < 4.78 is 40.4. The molecule has 328 valence electrons. The maximum atomic E-state index is 16.0. The van der Waals surface area contributed by atoms with Crippen molar-refractivity contribution in [2.45, 2.75) is 134 Å². The Hall–Kier alpha value is -4.02. The van der Waals surface area contributed by atoms with E-state index in [0.717, 1.165) is 12.0 Å². The lowest BCUT2D eigenvalue weighted by Crippen LogP contribution is -2.63. The molecule has 10 atom stereocenters. The van der Waals surface area contributed by atoms with Gasteiger partial charge in [0.05, 0.1) is 31.5 Å². The number of benzene rings is 1. The maximum Gasteiger partial charge on any atom is 0.305 e. The highest BCUT2D eigenvalue weighted by atomic mass is 19.1. The van der Waals surface area contributed by atoms with Gasteiger partial charge in [0.25, 0.3) is 0 Å². The van der Waals surface area contributed by atoms with Crippen LogP contribution >= 0.6 is 0 Å². The number of amides is 2. The van der Waals surface area contributed by atoms with E-state index in [1.54, 1.807) is 18.2 Å². The van der Waals surface area contributed by atoms with Crippen molar-refractivity contribution in [1.29, 1.82) is 0 Å². The Kier molecular flexibility index (Phi) is 12.8. The van der Waals surface area contributed by atoms with E-state index in [2.05, 4.69) is 17.6 Å². The molecule has 0 spiro atoms. The van der Waals surface area contributed by atoms with Gasteiger partial charge in [-0.1, -0.05) is 39.3 Å². The number of nitrogens with two attached hydrogens (primary N) is 1. The summed E-state index contributed by atoms with van der Waals surface area (Å²) in [6, 6.07) is 3.26. The summed E-state index contributed by atoms with van der Waals surface area (Å²) in [5, 5.41) is 27.8. The first kappa shape index (κ1) is 44.0. The first-order valence-electron chi connectivity index (χ1n) is 21.5. The zero-order valence-electron chi connectivity index (χ0n) is 35.0. The van der Waals surface area contributed by atoms with Crippen LogP contribution in [0.15, 0.2) is 42.0 Å². The number of allylic oxidation sites excluding steroid dienone is 4. The number of carbonyl (C=O) groups excluding carboxylic acids is 5. The quantitative estimate of drug-likeness (QED) is 0.170. The van der Waals surface area contributed by atoms with Crippen molar-refractivity contribution in [1.82, 2.24) is 10.6 Å². The van der Waals surface area contributed by atoms with Crippen LogP contribution in [0.5, 0.6) is 5.75 Å². The fourth-order valence-corrected chi connectivity index (χ4v) is 11.5. The molecular formula is C45H60FN3O11. The maximum absolute atomic E-state index is 16.0. The molecule has 6 N–H and O–H groups in total. The van der Waals surface area contributed by atoms with Gasteiger partial charge in [0.1, 0.15) is 24.2 Å². The molecule has 5 aliphatic carbocycles. The molecule has 1 heterocycles. The van der Waals surface area contributed by atoms with Crippen molar-refractivity contribution in [2.75, 3.05) is 19.8 Å². The van der Waals surface area contributed by atoms with Crippen LogP contribution in [0.1, 0.15) is 104 Å². The number of Topliss-reactive ketones (excluding diaryl/α,β-unsaturated/α-hetero) is 1. The van der Waals surface area contributed by atoms with E-state index in [1.165, 1.54) is 12.1 Å². The third-order valence-corrected chi connectivity index (χ3v) is 14.4. The predicted octanol–water partition coefficient (Wildman–Crippen LogP) is 3.66. The molecule has 0 aromatic heterocycles. The van der Waals surface area contributed by atoms with Crippen LogP contribution in [-0.4, -0.2) is 95.3 Å². The lowest BCUT2D eigenvalue weighted by molar-refractivity contribution is -0.201. The van der Waals surface area contributed by atoms with Gasteiger partial charge in [0.15, 0.2) is 23.5 Å². The van der Waals surface area contributed by atoms with Gasteiger partial charge in [-0.15, -0.1) is 0 Å². The Morgan fingerprint density at radius 3 is 2.53 bits per heavy atom. The van der Waals surface area contributed by atoms with E-state index in [0.29, 0.717) is 44.3 Å². The number of carbonyl (C=O) groups is 5. The van der Waals surface area contributed by atoms with Crippen LogP contribution < -0.4 is 21.1 Å². The zero-order chi connectivity index (χ0) is 43.1. The summed E-state index contributed by atoms with van der Waals surface area (Å²) in [5.41, 5.74) is 3.53. The molecule has 6 aliphatic rings. The summed E-state index contributed by atoms with van der Waals surface area (Å²) >= 11 is 0. The second-order valence-corrected chi connectivity index (χ2v) is 18.6. The predicted molar refractivity (Wildman–Crippen MR) is 214 cm³/mol. The van der Waals surface area contributed by atoms with Gasteiger partial charge in [-0.3, -0.25) is 24.0 Å². The van der Waals surface area contributed by atoms with Crippen molar-refractivity contribution in [3.63, 3.8) is 0 Å². The van der Waals surface area contributed by atoms with Crippen molar-refractivity contribution >= 4 is 29.4 Å². The Morgan fingerprint density at radius 1 is 1.10 bits per heavy atom. The highest BCUT2D eigenvalue weighted by Gasteiger charge is 2.76. The number of aliphatic hydroxyl groups is 2. The standard InChI is InChI=1S/C45H60FN3O11/c1-24(2)23-57-39(55)14-13-34(49-38(54)21-47)41(56)48-26-6-8-28(9-7-26)58-29-10-12-31(33(46)18-29)42-59-37-19-32-30-11-5-25-17-27(51)15-16-43(25,3)40(30)35(52)20-44(32,4)45(37,60-42)36(53)22-50/h10,12,15-18,24,26,28,30,32,34-35,37,40,42,50,52H,5-9,11,13-14,19-23,47H2,1-4H3,(H,48,56)(H,49,54)/t26?,28?,30-,32-,34-,35-,37+,40+,42+,43-,44-,45+/m0/s1. The van der Waals surface area contributed by atoms with E-state index in [4.69, 9.17) is 24.7 Å². The molecule has 1 aromatic rings. The molecule has 0 bridgehead atoms. The Bertz CT molecular complexity index is 1910. The van der Waals surface area contributed by atoms with Crippen LogP contribution in [0.4, 0.5) is 4.39 Å². The summed E-state index contributed by atoms with van der Waals surface area (Å²) in [4.78, 5) is 63.6. The molecule has 15 heteroatoms. The van der Waals surface area contributed by atoms with E-state index in [-0.39, 0.29) is 79.6 Å². The molecule has 0 radical (unpaired) electrons. The smallest absolute Gasteiger partial charge is 0.305 e. The third-order valence-electron chi connectivity index (χ3n) is 14.4. The Morgan fingerprint density at radius 2 is 1.85 bits per heavy atom.